The highest BCUT2D eigenvalue weighted by molar-refractivity contribution is 5.89. The number of carbonyl (C=O) groups is 3. The highest BCUT2D eigenvalue weighted by atomic mass is 16.5. The van der Waals surface area contributed by atoms with Crippen LogP contribution in [0.25, 0.3) is 0 Å². The van der Waals surface area contributed by atoms with Crippen molar-refractivity contribution in [1.82, 2.24) is 10.6 Å². The van der Waals surface area contributed by atoms with Crippen molar-refractivity contribution in [3.8, 4) is 11.5 Å². The van der Waals surface area contributed by atoms with Crippen LogP contribution in [0, 0.1) is 5.92 Å². The normalized spacial score (nSPS) is 12.0. The molecule has 9 heteroatoms. The molecule has 0 heterocycles. The fourth-order valence-corrected chi connectivity index (χ4v) is 4.84. The second kappa shape index (κ2) is 18.0. The van der Waals surface area contributed by atoms with Crippen molar-refractivity contribution in [2.45, 2.75) is 58.6 Å². The van der Waals surface area contributed by atoms with E-state index in [1.807, 2.05) is 111 Å². The number of carbonyl (C=O) groups excluding carboxylic acids is 3. The number of esters is 1. The van der Waals surface area contributed by atoms with Crippen molar-refractivity contribution in [2.24, 2.45) is 5.92 Å². The molecule has 0 bridgehead atoms. The summed E-state index contributed by atoms with van der Waals surface area (Å²) in [6, 6.07) is 32.3. The van der Waals surface area contributed by atoms with E-state index in [-0.39, 0.29) is 18.9 Å². The molecule has 4 aromatic carbocycles. The molecular formula is C38H42N2O7. The number of nitrogens with one attached hydrogen (secondary N) is 2. The predicted octanol–water partition coefficient (Wildman–Crippen LogP) is 6.39. The molecule has 0 aliphatic heterocycles. The summed E-state index contributed by atoms with van der Waals surface area (Å²) in [6.45, 7) is 4.60. The Balaban J connectivity index is 1.47. The molecule has 4 aromatic rings. The Morgan fingerprint density at radius 1 is 0.617 bits per heavy atom. The molecule has 0 saturated carbocycles. The largest absolute Gasteiger partial charge is 0.485 e. The summed E-state index contributed by atoms with van der Waals surface area (Å²) in [7, 11) is 1.27. The molecule has 2 N–H and O–H groups in total. The monoisotopic (exact) mass is 638 g/mol. The smallest absolute Gasteiger partial charge is 0.408 e. The van der Waals surface area contributed by atoms with E-state index in [4.69, 9.17) is 18.9 Å². The van der Waals surface area contributed by atoms with Crippen LogP contribution in [0.15, 0.2) is 109 Å². The van der Waals surface area contributed by atoms with Gasteiger partial charge in [0.25, 0.3) is 0 Å². The van der Waals surface area contributed by atoms with Crippen LogP contribution >= 0.6 is 0 Å². The van der Waals surface area contributed by atoms with Gasteiger partial charge in [-0.1, -0.05) is 111 Å². The van der Waals surface area contributed by atoms with Crippen LogP contribution in [0.3, 0.4) is 0 Å². The second-order valence-electron chi connectivity index (χ2n) is 11.5. The fourth-order valence-electron chi connectivity index (χ4n) is 4.84. The average molecular weight is 639 g/mol. The zero-order valence-electron chi connectivity index (χ0n) is 27.0. The van der Waals surface area contributed by atoms with Gasteiger partial charge in [0.2, 0.25) is 5.91 Å². The van der Waals surface area contributed by atoms with Crippen molar-refractivity contribution >= 4 is 18.0 Å². The van der Waals surface area contributed by atoms with E-state index in [1.54, 1.807) is 12.1 Å². The van der Waals surface area contributed by atoms with E-state index in [0.717, 1.165) is 16.7 Å². The molecule has 2 atom stereocenters. The van der Waals surface area contributed by atoms with Crippen LogP contribution in [0.1, 0.15) is 42.5 Å². The minimum Gasteiger partial charge on any atom is -0.485 e. The van der Waals surface area contributed by atoms with Crippen LogP contribution in [-0.4, -0.2) is 37.2 Å². The number of alkyl carbamates (subject to hydrolysis) is 1. The first-order chi connectivity index (χ1) is 22.8. The third-order valence-electron chi connectivity index (χ3n) is 7.25. The van der Waals surface area contributed by atoms with E-state index >= 15 is 0 Å². The van der Waals surface area contributed by atoms with Gasteiger partial charge in [0.15, 0.2) is 11.5 Å². The lowest BCUT2D eigenvalue weighted by Gasteiger charge is -2.23. The molecule has 0 aliphatic rings. The Morgan fingerprint density at radius 2 is 1.15 bits per heavy atom. The first kappa shape index (κ1) is 34.6. The molecule has 0 fully saturated rings. The second-order valence-corrected chi connectivity index (χ2v) is 11.5. The zero-order chi connectivity index (χ0) is 33.4. The molecule has 0 aliphatic carbocycles. The fraction of sp³-hybridized carbons (Fsp3) is 0.289. The van der Waals surface area contributed by atoms with E-state index in [0.29, 0.717) is 36.7 Å². The molecular weight excluding hydrogens is 596 g/mol. The van der Waals surface area contributed by atoms with Gasteiger partial charge < -0.3 is 29.6 Å². The van der Waals surface area contributed by atoms with E-state index in [1.165, 1.54) is 7.11 Å². The average Bonchev–Trinajstić information content (AvgIpc) is 3.09. The summed E-state index contributed by atoms with van der Waals surface area (Å²) in [5.74, 6) is -0.0248. The van der Waals surface area contributed by atoms with E-state index in [9.17, 15) is 14.4 Å². The summed E-state index contributed by atoms with van der Waals surface area (Å²) < 4.78 is 22.7. The van der Waals surface area contributed by atoms with Crippen LogP contribution in [0.4, 0.5) is 4.79 Å². The quantitative estimate of drug-likeness (QED) is 0.137. The lowest BCUT2D eigenvalue weighted by Crippen LogP contribution is -2.53. The first-order valence-electron chi connectivity index (χ1n) is 15.6. The molecule has 0 spiro atoms. The van der Waals surface area contributed by atoms with Gasteiger partial charge in [-0.05, 0) is 46.7 Å². The molecule has 0 unspecified atom stereocenters. The molecule has 4 rings (SSSR count). The van der Waals surface area contributed by atoms with Crippen LogP contribution in [-0.2, 0) is 45.3 Å². The standard InChI is InChI=1S/C38H42N2O7/c1-27(2)21-32(40-38(43)47-26-30-17-11-6-12-18-30)36(41)39-33(37(42)44-3)22-31-19-20-34(45-24-28-13-7-4-8-14-28)35(23-31)46-25-29-15-9-5-10-16-29/h4-20,23,27,32-33H,21-22,24-26H2,1-3H3,(H,39,41)(H,40,43)/t32-,33-/m0/s1. The summed E-state index contributed by atoms with van der Waals surface area (Å²) in [6.07, 6.45) is -0.271. The number of rotatable bonds is 16. The minimum atomic E-state index is -1.03. The Bertz CT molecular complexity index is 1560. The maximum Gasteiger partial charge on any atom is 0.408 e. The van der Waals surface area contributed by atoms with E-state index < -0.39 is 30.1 Å². The van der Waals surface area contributed by atoms with Crippen LogP contribution in [0.5, 0.6) is 11.5 Å². The lowest BCUT2D eigenvalue weighted by molar-refractivity contribution is -0.145. The zero-order valence-corrected chi connectivity index (χ0v) is 27.0. The topological polar surface area (TPSA) is 112 Å². The number of ether oxygens (including phenoxy) is 4. The lowest BCUT2D eigenvalue weighted by atomic mass is 10.0. The van der Waals surface area contributed by atoms with Gasteiger partial charge in [-0.15, -0.1) is 0 Å². The van der Waals surface area contributed by atoms with Crippen LogP contribution in [0.2, 0.25) is 0 Å². The first-order valence-corrected chi connectivity index (χ1v) is 15.6. The van der Waals surface area contributed by atoms with Crippen molar-refractivity contribution in [3.63, 3.8) is 0 Å². The summed E-state index contributed by atoms with van der Waals surface area (Å²) in [5, 5.41) is 5.44. The Hall–Kier alpha value is -5.31. The summed E-state index contributed by atoms with van der Waals surface area (Å²) in [4.78, 5) is 39.0. The van der Waals surface area contributed by atoms with Gasteiger partial charge in [0, 0.05) is 6.42 Å². The third kappa shape index (κ3) is 11.5. The number of amides is 2. The van der Waals surface area contributed by atoms with Crippen molar-refractivity contribution in [2.75, 3.05) is 7.11 Å². The highest BCUT2D eigenvalue weighted by Crippen LogP contribution is 2.31. The highest BCUT2D eigenvalue weighted by Gasteiger charge is 2.29. The number of hydrogen-bond donors (Lipinski definition) is 2. The molecule has 246 valence electrons. The van der Waals surface area contributed by atoms with Gasteiger partial charge >= 0.3 is 12.1 Å². The molecule has 0 aromatic heterocycles. The summed E-state index contributed by atoms with van der Waals surface area (Å²) in [5.41, 5.74) is 3.53. The Labute approximate surface area is 276 Å². The maximum absolute atomic E-state index is 13.5. The van der Waals surface area contributed by atoms with Crippen molar-refractivity contribution in [3.05, 3.63) is 131 Å². The Kier molecular flexibility index (Phi) is 13.2. The van der Waals surface area contributed by atoms with Gasteiger partial charge in [0.05, 0.1) is 7.11 Å². The van der Waals surface area contributed by atoms with Gasteiger partial charge in [0.1, 0.15) is 31.9 Å². The van der Waals surface area contributed by atoms with Crippen LogP contribution < -0.4 is 20.1 Å². The van der Waals surface area contributed by atoms with E-state index in [2.05, 4.69) is 10.6 Å². The number of methoxy groups -OCH3 is 1. The van der Waals surface area contributed by atoms with Gasteiger partial charge in [-0.25, -0.2) is 9.59 Å². The molecule has 47 heavy (non-hydrogen) atoms. The third-order valence-corrected chi connectivity index (χ3v) is 7.25. The Morgan fingerprint density at radius 3 is 1.68 bits per heavy atom. The van der Waals surface area contributed by atoms with Crippen molar-refractivity contribution in [1.29, 1.82) is 0 Å². The molecule has 0 saturated heterocycles. The maximum atomic E-state index is 13.5. The van der Waals surface area contributed by atoms with Crippen molar-refractivity contribution < 1.29 is 33.3 Å². The van der Waals surface area contributed by atoms with Gasteiger partial charge in [-0.3, -0.25) is 4.79 Å². The molecule has 0 radical (unpaired) electrons. The molecule has 2 amide bonds. The van der Waals surface area contributed by atoms with Gasteiger partial charge in [-0.2, -0.15) is 0 Å². The SMILES string of the molecule is COC(=O)[C@H](Cc1ccc(OCc2ccccc2)c(OCc2ccccc2)c1)NC(=O)[C@H](CC(C)C)NC(=O)OCc1ccccc1. The minimum absolute atomic E-state index is 0.0627. The summed E-state index contributed by atoms with van der Waals surface area (Å²) >= 11 is 0. The number of benzene rings is 4. The molecule has 9 nitrogen and oxygen atoms in total. The predicted molar refractivity (Wildman–Crippen MR) is 179 cm³/mol. The number of hydrogen-bond acceptors (Lipinski definition) is 7.